The van der Waals surface area contributed by atoms with Gasteiger partial charge in [-0.15, -0.1) is 0 Å². The minimum Gasteiger partial charge on any atom is -0.368 e. The number of H-pyrrole nitrogens is 1. The summed E-state index contributed by atoms with van der Waals surface area (Å²) in [5.41, 5.74) is 5.48. The molecule has 25 heavy (non-hydrogen) atoms. The number of benzene rings is 1. The summed E-state index contributed by atoms with van der Waals surface area (Å²) < 4.78 is 29.5. The molecule has 4 aromatic rings. The summed E-state index contributed by atoms with van der Waals surface area (Å²) >= 11 is 0. The van der Waals surface area contributed by atoms with Crippen molar-refractivity contribution in [1.29, 1.82) is 0 Å². The van der Waals surface area contributed by atoms with Crippen molar-refractivity contribution in [3.63, 3.8) is 0 Å². The molecule has 0 saturated carbocycles. The quantitative estimate of drug-likeness (QED) is 0.581. The van der Waals surface area contributed by atoms with Crippen molar-refractivity contribution in [2.75, 3.05) is 5.73 Å². The van der Waals surface area contributed by atoms with Gasteiger partial charge in [-0.3, -0.25) is 4.79 Å². The van der Waals surface area contributed by atoms with Crippen molar-refractivity contribution in [3.05, 3.63) is 64.8 Å². The van der Waals surface area contributed by atoms with Crippen LogP contribution in [0.15, 0.2) is 47.7 Å². The molecule has 3 N–H and O–H groups in total. The van der Waals surface area contributed by atoms with Crippen LogP contribution in [0, 0.1) is 11.6 Å². The lowest BCUT2D eigenvalue weighted by Crippen LogP contribution is -2.06. The van der Waals surface area contributed by atoms with E-state index in [1.54, 1.807) is 0 Å². The maximum atomic E-state index is 14.2. The summed E-state index contributed by atoms with van der Waals surface area (Å²) in [5, 5.41) is 4.40. The molecule has 7 nitrogen and oxygen atoms in total. The van der Waals surface area contributed by atoms with E-state index in [2.05, 4.69) is 20.1 Å². The third-order valence-corrected chi connectivity index (χ3v) is 3.70. The summed E-state index contributed by atoms with van der Waals surface area (Å²) in [6.45, 7) is 0. The lowest BCUT2D eigenvalue weighted by Gasteiger charge is -2.05. The molecular formula is C16H10F2N6O. The van der Waals surface area contributed by atoms with Gasteiger partial charge in [0.05, 0.1) is 10.9 Å². The normalized spacial score (nSPS) is 11.1. The SMILES string of the molecule is Nc1ncc(-c2nn(-c3c(F)cccc3F)c3cc[nH]c(=O)c23)cn1. The third kappa shape index (κ3) is 2.33. The lowest BCUT2D eigenvalue weighted by molar-refractivity contribution is 0.563. The Balaban J connectivity index is 2.10. The van der Waals surface area contributed by atoms with Crippen LogP contribution in [0.1, 0.15) is 0 Å². The highest BCUT2D eigenvalue weighted by Crippen LogP contribution is 2.28. The molecule has 0 aliphatic carbocycles. The van der Waals surface area contributed by atoms with E-state index in [0.29, 0.717) is 5.56 Å². The number of aromatic amines is 1. The van der Waals surface area contributed by atoms with Gasteiger partial charge in [-0.2, -0.15) is 5.10 Å². The van der Waals surface area contributed by atoms with Crippen molar-refractivity contribution in [2.45, 2.75) is 0 Å². The molecule has 1 aromatic carbocycles. The molecule has 0 amide bonds. The van der Waals surface area contributed by atoms with E-state index in [9.17, 15) is 13.6 Å². The number of halogens is 2. The van der Waals surface area contributed by atoms with Crippen molar-refractivity contribution >= 4 is 16.9 Å². The van der Waals surface area contributed by atoms with Crippen molar-refractivity contribution in [2.24, 2.45) is 0 Å². The Morgan fingerprint density at radius 2 is 1.76 bits per heavy atom. The molecule has 124 valence electrons. The topological polar surface area (TPSA) is 102 Å². The molecule has 0 saturated heterocycles. The first kappa shape index (κ1) is 14.9. The number of hydrogen-bond donors (Lipinski definition) is 2. The summed E-state index contributed by atoms with van der Waals surface area (Å²) in [5.74, 6) is -1.55. The first-order chi connectivity index (χ1) is 12.1. The van der Waals surface area contributed by atoms with E-state index in [4.69, 9.17) is 5.73 Å². The van der Waals surface area contributed by atoms with E-state index in [0.717, 1.165) is 16.8 Å². The predicted octanol–water partition coefficient (Wildman–Crippen LogP) is 2.03. The zero-order valence-corrected chi connectivity index (χ0v) is 12.6. The van der Waals surface area contributed by atoms with Crippen LogP contribution in [0.5, 0.6) is 0 Å². The van der Waals surface area contributed by atoms with Gasteiger partial charge in [0, 0.05) is 24.2 Å². The van der Waals surface area contributed by atoms with Crippen LogP contribution in [0.4, 0.5) is 14.7 Å². The Labute approximate surface area is 138 Å². The number of nitrogens with one attached hydrogen (secondary N) is 1. The van der Waals surface area contributed by atoms with Crippen LogP contribution in [0.2, 0.25) is 0 Å². The number of fused-ring (bicyclic) bond motifs is 1. The number of nitrogens with two attached hydrogens (primary N) is 1. The number of anilines is 1. The highest BCUT2D eigenvalue weighted by Gasteiger charge is 2.20. The zero-order valence-electron chi connectivity index (χ0n) is 12.6. The van der Waals surface area contributed by atoms with Crippen LogP contribution >= 0.6 is 0 Å². The molecule has 0 spiro atoms. The van der Waals surface area contributed by atoms with Crippen molar-refractivity contribution in [3.8, 4) is 16.9 Å². The molecule has 3 heterocycles. The highest BCUT2D eigenvalue weighted by atomic mass is 19.1. The minimum atomic E-state index is -0.801. The molecule has 9 heteroatoms. The molecule has 0 fully saturated rings. The van der Waals surface area contributed by atoms with Crippen molar-refractivity contribution in [1.82, 2.24) is 24.7 Å². The molecule has 0 radical (unpaired) electrons. The van der Waals surface area contributed by atoms with Crippen LogP contribution in [-0.4, -0.2) is 24.7 Å². The van der Waals surface area contributed by atoms with Crippen LogP contribution in [-0.2, 0) is 0 Å². The molecule has 0 unspecified atom stereocenters. The first-order valence-electron chi connectivity index (χ1n) is 7.19. The Kier molecular flexibility index (Phi) is 3.27. The van der Waals surface area contributed by atoms with Crippen molar-refractivity contribution < 1.29 is 8.78 Å². The van der Waals surface area contributed by atoms with E-state index in [1.807, 2.05) is 0 Å². The number of aromatic nitrogens is 5. The second kappa shape index (κ2) is 5.48. The summed E-state index contributed by atoms with van der Waals surface area (Å²) in [6.07, 6.45) is 4.15. The minimum absolute atomic E-state index is 0.0570. The number of nitrogens with zero attached hydrogens (tertiary/aromatic N) is 4. The number of pyridine rings is 1. The van der Waals surface area contributed by atoms with E-state index in [1.165, 1.54) is 30.7 Å². The monoisotopic (exact) mass is 340 g/mol. The average molecular weight is 340 g/mol. The number of para-hydroxylation sites is 1. The van der Waals surface area contributed by atoms with Gasteiger partial charge >= 0.3 is 0 Å². The Hall–Kier alpha value is -3.62. The summed E-state index contributed by atoms with van der Waals surface area (Å²) in [4.78, 5) is 22.6. The first-order valence-corrected chi connectivity index (χ1v) is 7.19. The van der Waals surface area contributed by atoms with Gasteiger partial charge in [-0.25, -0.2) is 23.4 Å². The van der Waals surface area contributed by atoms with Gasteiger partial charge in [-0.1, -0.05) is 6.07 Å². The largest absolute Gasteiger partial charge is 0.368 e. The van der Waals surface area contributed by atoms with Crippen LogP contribution < -0.4 is 11.3 Å². The fraction of sp³-hybridized carbons (Fsp3) is 0. The van der Waals surface area contributed by atoms with E-state index in [-0.39, 0.29) is 28.2 Å². The Morgan fingerprint density at radius 1 is 1.08 bits per heavy atom. The second-order valence-corrected chi connectivity index (χ2v) is 5.23. The number of hydrogen-bond acceptors (Lipinski definition) is 5. The van der Waals surface area contributed by atoms with E-state index < -0.39 is 17.2 Å². The average Bonchev–Trinajstić information content (AvgIpc) is 2.96. The molecule has 0 aliphatic rings. The third-order valence-electron chi connectivity index (χ3n) is 3.70. The standard InChI is InChI=1S/C16H10F2N6O/c17-9-2-1-3-10(18)14(9)24-11-4-5-20-15(25)12(11)13(23-24)8-6-21-16(19)22-7-8/h1-7H,(H,20,25)(H2,19,21,22). The predicted molar refractivity (Wildman–Crippen MR) is 87.0 cm³/mol. The van der Waals surface area contributed by atoms with Gasteiger partial charge in [-0.05, 0) is 18.2 Å². The molecule has 0 aliphatic heterocycles. The van der Waals surface area contributed by atoms with Crippen LogP contribution in [0.25, 0.3) is 27.8 Å². The highest BCUT2D eigenvalue weighted by molar-refractivity contribution is 5.93. The number of nitrogen functional groups attached to an aromatic ring is 1. The second-order valence-electron chi connectivity index (χ2n) is 5.23. The molecule has 0 atom stereocenters. The van der Waals surface area contributed by atoms with E-state index >= 15 is 0 Å². The molecule has 4 rings (SSSR count). The Morgan fingerprint density at radius 3 is 2.44 bits per heavy atom. The fourth-order valence-corrected chi connectivity index (χ4v) is 2.60. The Bertz CT molecular complexity index is 1130. The lowest BCUT2D eigenvalue weighted by atomic mass is 10.1. The van der Waals surface area contributed by atoms with Crippen LogP contribution in [0.3, 0.4) is 0 Å². The van der Waals surface area contributed by atoms with Gasteiger partial charge in [0.1, 0.15) is 11.4 Å². The zero-order chi connectivity index (χ0) is 17.6. The maximum Gasteiger partial charge on any atom is 0.259 e. The van der Waals surface area contributed by atoms with Gasteiger partial charge in [0.25, 0.3) is 5.56 Å². The summed E-state index contributed by atoms with van der Waals surface area (Å²) in [7, 11) is 0. The number of rotatable bonds is 2. The summed E-state index contributed by atoms with van der Waals surface area (Å²) in [6, 6.07) is 4.99. The van der Waals surface area contributed by atoms with Gasteiger partial charge < -0.3 is 10.7 Å². The molecule has 0 bridgehead atoms. The van der Waals surface area contributed by atoms with Gasteiger partial charge in [0.2, 0.25) is 5.95 Å². The fourth-order valence-electron chi connectivity index (χ4n) is 2.60. The maximum absolute atomic E-state index is 14.2. The molecular weight excluding hydrogens is 330 g/mol. The molecule has 3 aromatic heterocycles. The van der Waals surface area contributed by atoms with Gasteiger partial charge in [0.15, 0.2) is 11.6 Å². The smallest absolute Gasteiger partial charge is 0.259 e.